The maximum atomic E-state index is 10.8. The van der Waals surface area contributed by atoms with Crippen LogP contribution in [0.3, 0.4) is 0 Å². The first-order valence-corrected chi connectivity index (χ1v) is 6.99. The molecule has 0 aliphatic rings. The molecule has 0 aromatic heterocycles. The fourth-order valence-electron chi connectivity index (χ4n) is 0.582. The van der Waals surface area contributed by atoms with Gasteiger partial charge >= 0.3 is 0 Å². The third-order valence-electron chi connectivity index (χ3n) is 0.993. The molecular weight excluding hydrogens is 242 g/mol. The molecule has 0 aliphatic carbocycles. The second-order valence-corrected chi connectivity index (χ2v) is 6.78. The van der Waals surface area contributed by atoms with Gasteiger partial charge in [0.05, 0.1) is 12.5 Å². The zero-order chi connectivity index (χ0) is 10.9. The lowest BCUT2D eigenvalue weighted by Gasteiger charge is -2.14. The summed E-state index contributed by atoms with van der Waals surface area (Å²) in [5, 5.41) is -1.06. The monoisotopic (exact) mass is 249 g/mol. The minimum absolute atomic E-state index is 0.0370. The van der Waals surface area contributed by atoms with Crippen LogP contribution in [-0.4, -0.2) is 44.8 Å². The Balaban J connectivity index is 5.15. The van der Waals surface area contributed by atoms with Crippen LogP contribution < -0.4 is 0 Å². The molecule has 6 nitrogen and oxygen atoms in total. The molecule has 0 aliphatic heterocycles. The lowest BCUT2D eigenvalue weighted by atomic mass is 10.8. The highest BCUT2D eigenvalue weighted by molar-refractivity contribution is 8.03. The molecule has 0 radical (unpaired) electrons. The summed E-state index contributed by atoms with van der Waals surface area (Å²) in [5.41, 5.74) is 0. The standard InChI is InChI=1S/C4H8ClNO5S2/c1-12(8,9)6(3-4(5)7)13(2,10)11/h3H2,1-2H3. The number of halogens is 1. The van der Waals surface area contributed by atoms with E-state index in [0.29, 0.717) is 12.5 Å². The minimum atomic E-state index is -3.98. The van der Waals surface area contributed by atoms with E-state index in [4.69, 9.17) is 11.6 Å². The molecule has 0 aromatic rings. The molecular formula is C4H8ClNO5S2. The van der Waals surface area contributed by atoms with Gasteiger partial charge in [-0.1, -0.05) is 3.71 Å². The Bertz CT molecular complexity index is 364. The number of nitrogens with zero attached hydrogens (tertiary/aromatic N) is 1. The summed E-state index contributed by atoms with van der Waals surface area (Å²) in [6.45, 7) is -0.876. The minimum Gasteiger partial charge on any atom is -0.280 e. The molecule has 0 heterocycles. The molecule has 0 fully saturated rings. The predicted octanol–water partition coefficient (Wildman–Crippen LogP) is -1.03. The Hall–Kier alpha value is -0.180. The van der Waals surface area contributed by atoms with E-state index in [0.717, 1.165) is 0 Å². The molecule has 0 bridgehead atoms. The van der Waals surface area contributed by atoms with Gasteiger partial charge in [-0.05, 0) is 11.6 Å². The maximum Gasteiger partial charge on any atom is 0.238 e. The van der Waals surface area contributed by atoms with E-state index in [-0.39, 0.29) is 3.71 Å². The molecule has 0 aromatic carbocycles. The van der Waals surface area contributed by atoms with Crippen LogP contribution in [0.1, 0.15) is 0 Å². The molecule has 0 unspecified atom stereocenters. The van der Waals surface area contributed by atoms with Gasteiger partial charge in [-0.15, -0.1) is 0 Å². The lowest BCUT2D eigenvalue weighted by molar-refractivity contribution is -0.111. The van der Waals surface area contributed by atoms with Crippen molar-refractivity contribution in [3.63, 3.8) is 0 Å². The first-order valence-electron chi connectivity index (χ1n) is 2.91. The van der Waals surface area contributed by atoms with Crippen molar-refractivity contribution >= 4 is 36.9 Å². The number of carbonyl (C=O) groups excluding carboxylic acids is 1. The molecule has 0 saturated carbocycles. The number of hydrogen-bond acceptors (Lipinski definition) is 5. The van der Waals surface area contributed by atoms with E-state index < -0.39 is 31.8 Å². The molecule has 0 amide bonds. The van der Waals surface area contributed by atoms with Crippen LogP contribution in [0.15, 0.2) is 0 Å². The Morgan fingerprint density at radius 3 is 1.54 bits per heavy atom. The van der Waals surface area contributed by atoms with Crippen LogP contribution in [0.25, 0.3) is 0 Å². The average molecular weight is 250 g/mol. The van der Waals surface area contributed by atoms with Gasteiger partial charge in [0.15, 0.2) is 0 Å². The van der Waals surface area contributed by atoms with E-state index >= 15 is 0 Å². The van der Waals surface area contributed by atoms with Gasteiger partial charge in [-0.25, -0.2) is 16.8 Å². The van der Waals surface area contributed by atoms with Crippen LogP contribution in [0.2, 0.25) is 0 Å². The highest BCUT2D eigenvalue weighted by atomic mass is 35.5. The molecule has 0 rings (SSSR count). The number of hydrogen-bond donors (Lipinski definition) is 0. The highest BCUT2D eigenvalue weighted by Crippen LogP contribution is 2.05. The first-order chi connectivity index (χ1) is 5.55. The van der Waals surface area contributed by atoms with E-state index in [1.54, 1.807) is 0 Å². The van der Waals surface area contributed by atoms with Crippen molar-refractivity contribution in [2.24, 2.45) is 0 Å². The smallest absolute Gasteiger partial charge is 0.238 e. The Kier molecular flexibility index (Phi) is 3.85. The largest absolute Gasteiger partial charge is 0.280 e. The zero-order valence-corrected chi connectivity index (χ0v) is 9.28. The van der Waals surface area contributed by atoms with Gasteiger partial charge in [-0.2, -0.15) is 0 Å². The third kappa shape index (κ3) is 4.55. The molecule has 13 heavy (non-hydrogen) atoms. The highest BCUT2D eigenvalue weighted by Gasteiger charge is 2.28. The van der Waals surface area contributed by atoms with Crippen molar-refractivity contribution in [3.8, 4) is 0 Å². The van der Waals surface area contributed by atoms with Gasteiger partial charge in [-0.3, -0.25) is 4.79 Å². The second-order valence-electron chi connectivity index (χ2n) is 2.31. The van der Waals surface area contributed by atoms with Gasteiger partial charge in [0.1, 0.15) is 6.54 Å². The molecule has 9 heteroatoms. The quantitative estimate of drug-likeness (QED) is 0.595. The van der Waals surface area contributed by atoms with Crippen LogP contribution in [-0.2, 0) is 24.8 Å². The fourth-order valence-corrected chi connectivity index (χ4v) is 3.51. The normalized spacial score (nSPS) is 13.2. The van der Waals surface area contributed by atoms with Gasteiger partial charge in [0.2, 0.25) is 25.3 Å². The lowest BCUT2D eigenvalue weighted by Crippen LogP contribution is -2.38. The summed E-state index contributed by atoms with van der Waals surface area (Å²) in [4.78, 5) is 10.3. The zero-order valence-electron chi connectivity index (χ0n) is 6.89. The van der Waals surface area contributed by atoms with E-state index in [1.165, 1.54) is 0 Å². The Morgan fingerprint density at radius 2 is 1.46 bits per heavy atom. The van der Waals surface area contributed by atoms with Crippen molar-refractivity contribution in [2.45, 2.75) is 0 Å². The Morgan fingerprint density at radius 1 is 1.15 bits per heavy atom. The topological polar surface area (TPSA) is 88.6 Å². The summed E-state index contributed by atoms with van der Waals surface area (Å²) in [6.07, 6.45) is 1.35. The first kappa shape index (κ1) is 12.8. The van der Waals surface area contributed by atoms with Gasteiger partial charge in [0.25, 0.3) is 0 Å². The van der Waals surface area contributed by atoms with Crippen molar-refractivity contribution in [3.05, 3.63) is 0 Å². The number of sulfonamides is 2. The van der Waals surface area contributed by atoms with E-state index in [2.05, 4.69) is 0 Å². The van der Waals surface area contributed by atoms with Crippen LogP contribution in [0, 0.1) is 0 Å². The summed E-state index contributed by atoms with van der Waals surface area (Å²) in [6, 6.07) is 0. The summed E-state index contributed by atoms with van der Waals surface area (Å²) < 4.78 is 43.4. The SMILES string of the molecule is CS(=O)(=O)N(CC(=O)Cl)S(C)(=O)=O. The Labute approximate surface area is 81.6 Å². The predicted molar refractivity (Wildman–Crippen MR) is 47.3 cm³/mol. The van der Waals surface area contributed by atoms with Gasteiger partial charge < -0.3 is 0 Å². The average Bonchev–Trinajstić information content (AvgIpc) is 1.77. The van der Waals surface area contributed by atoms with Crippen molar-refractivity contribution in [1.82, 2.24) is 3.71 Å². The number of carbonyl (C=O) groups is 1. The maximum absolute atomic E-state index is 10.8. The van der Waals surface area contributed by atoms with E-state index in [1.807, 2.05) is 0 Å². The molecule has 78 valence electrons. The van der Waals surface area contributed by atoms with Crippen molar-refractivity contribution < 1.29 is 21.6 Å². The fraction of sp³-hybridized carbons (Fsp3) is 0.750. The van der Waals surface area contributed by atoms with Crippen molar-refractivity contribution in [2.75, 3.05) is 19.1 Å². The van der Waals surface area contributed by atoms with E-state index in [9.17, 15) is 21.6 Å². The molecule has 0 spiro atoms. The van der Waals surface area contributed by atoms with Crippen LogP contribution >= 0.6 is 11.6 Å². The molecule has 0 saturated heterocycles. The van der Waals surface area contributed by atoms with Crippen LogP contribution in [0.5, 0.6) is 0 Å². The second kappa shape index (κ2) is 3.91. The van der Waals surface area contributed by atoms with Crippen molar-refractivity contribution in [1.29, 1.82) is 0 Å². The molecule has 0 atom stereocenters. The third-order valence-corrected chi connectivity index (χ3v) is 4.48. The summed E-state index contributed by atoms with van der Waals surface area (Å²) >= 11 is 4.88. The molecule has 0 N–H and O–H groups in total. The van der Waals surface area contributed by atoms with Crippen LogP contribution in [0.4, 0.5) is 0 Å². The van der Waals surface area contributed by atoms with Gasteiger partial charge in [0, 0.05) is 0 Å². The summed E-state index contributed by atoms with van der Waals surface area (Å²) in [5.74, 6) is 0. The summed E-state index contributed by atoms with van der Waals surface area (Å²) in [7, 11) is -7.96. The number of rotatable bonds is 4.